The van der Waals surface area contributed by atoms with Crippen LogP contribution in [0.3, 0.4) is 0 Å². The second kappa shape index (κ2) is 7.15. The van der Waals surface area contributed by atoms with Crippen LogP contribution in [0.1, 0.15) is 5.56 Å². The number of hydrogen-bond acceptors (Lipinski definition) is 4. The maximum atomic E-state index is 11.5. The molecule has 0 heterocycles. The lowest BCUT2D eigenvalue weighted by Crippen LogP contribution is -2.07. The lowest BCUT2D eigenvalue weighted by molar-refractivity contribution is -0.136. The monoisotopic (exact) mass is 311 g/mol. The fourth-order valence-corrected chi connectivity index (χ4v) is 1.85. The zero-order chi connectivity index (χ0) is 12.7. The highest BCUT2D eigenvalue weighted by Gasteiger charge is 2.10. The summed E-state index contributed by atoms with van der Waals surface area (Å²) in [5, 5.41) is 11.9. The molecule has 0 radical (unpaired) electrons. The number of nitrogens with zero attached hydrogens (tertiary/aromatic N) is 1. The first kappa shape index (κ1) is 13.8. The Kier molecular flexibility index (Phi) is 5.81. The minimum absolute atomic E-state index is 0.407. The molecule has 0 spiro atoms. The summed E-state index contributed by atoms with van der Waals surface area (Å²) in [5.41, 5.74) is 1.46. The predicted octanol–water partition coefficient (Wildman–Crippen LogP) is 3.26. The van der Waals surface area contributed by atoms with Gasteiger partial charge in [0.2, 0.25) is 0 Å². The maximum absolute atomic E-state index is 11.5. The SMILES string of the molecule is COC(=O)/C(=C/SC#N)Cc1ccc(Br)cc1. The number of thioether (sulfide) groups is 1. The Bertz CT molecular complexity index is 462. The van der Waals surface area contributed by atoms with Crippen molar-refractivity contribution in [2.75, 3.05) is 7.11 Å². The Morgan fingerprint density at radius 2 is 2.18 bits per heavy atom. The summed E-state index contributed by atoms with van der Waals surface area (Å²) in [6.07, 6.45) is 0.453. The summed E-state index contributed by atoms with van der Waals surface area (Å²) in [6.45, 7) is 0. The van der Waals surface area contributed by atoms with Crippen LogP contribution in [0.5, 0.6) is 0 Å². The van der Waals surface area contributed by atoms with Gasteiger partial charge in [-0.3, -0.25) is 0 Å². The molecule has 0 unspecified atom stereocenters. The van der Waals surface area contributed by atoms with E-state index >= 15 is 0 Å². The summed E-state index contributed by atoms with van der Waals surface area (Å²) < 4.78 is 5.65. The lowest BCUT2D eigenvalue weighted by Gasteiger charge is -2.05. The first-order valence-corrected chi connectivity index (χ1v) is 6.41. The first-order chi connectivity index (χ1) is 8.17. The van der Waals surface area contributed by atoms with E-state index in [1.807, 2.05) is 29.7 Å². The summed E-state index contributed by atoms with van der Waals surface area (Å²) >= 11 is 4.26. The van der Waals surface area contributed by atoms with Gasteiger partial charge < -0.3 is 4.74 Å². The molecule has 1 aromatic rings. The van der Waals surface area contributed by atoms with Gasteiger partial charge in [0, 0.05) is 16.5 Å². The molecule has 0 bridgehead atoms. The number of ether oxygens (including phenoxy) is 1. The number of halogens is 1. The van der Waals surface area contributed by atoms with Crippen molar-refractivity contribution in [1.82, 2.24) is 0 Å². The molecule has 0 amide bonds. The molecule has 0 fully saturated rings. The normalized spacial score (nSPS) is 10.8. The minimum Gasteiger partial charge on any atom is -0.466 e. The Hall–Kier alpha value is -1.25. The van der Waals surface area contributed by atoms with E-state index in [1.54, 1.807) is 0 Å². The van der Waals surface area contributed by atoms with E-state index in [1.165, 1.54) is 12.5 Å². The number of hydrogen-bond donors (Lipinski definition) is 0. The highest BCUT2D eigenvalue weighted by molar-refractivity contribution is 9.10. The molecule has 0 aliphatic heterocycles. The van der Waals surface area contributed by atoms with Crippen molar-refractivity contribution in [3.63, 3.8) is 0 Å². The second-order valence-electron chi connectivity index (χ2n) is 3.15. The van der Waals surface area contributed by atoms with Gasteiger partial charge in [0.15, 0.2) is 0 Å². The van der Waals surface area contributed by atoms with E-state index in [9.17, 15) is 4.79 Å². The molecule has 1 rings (SSSR count). The number of rotatable bonds is 4. The van der Waals surface area contributed by atoms with Crippen molar-refractivity contribution >= 4 is 33.7 Å². The molecule has 0 aliphatic carbocycles. The van der Waals surface area contributed by atoms with Crippen LogP contribution in [0, 0.1) is 10.7 Å². The predicted molar refractivity (Wildman–Crippen MR) is 71.1 cm³/mol. The smallest absolute Gasteiger partial charge is 0.334 e. The van der Waals surface area contributed by atoms with E-state index < -0.39 is 5.97 Å². The Labute approximate surface area is 113 Å². The Morgan fingerprint density at radius 1 is 1.53 bits per heavy atom. The molecule has 0 atom stereocenters. The van der Waals surface area contributed by atoms with E-state index in [4.69, 9.17) is 5.26 Å². The zero-order valence-corrected chi connectivity index (χ0v) is 11.5. The summed E-state index contributed by atoms with van der Waals surface area (Å²) in [5.74, 6) is -0.407. The molecule has 0 aliphatic rings. The number of carbonyl (C=O) groups is 1. The van der Waals surface area contributed by atoms with Gasteiger partial charge in [-0.1, -0.05) is 28.1 Å². The van der Waals surface area contributed by atoms with Crippen molar-refractivity contribution in [2.24, 2.45) is 0 Å². The average Bonchev–Trinajstić information content (AvgIpc) is 2.36. The molecule has 0 saturated heterocycles. The van der Waals surface area contributed by atoms with E-state index in [0.29, 0.717) is 12.0 Å². The first-order valence-electron chi connectivity index (χ1n) is 4.74. The minimum atomic E-state index is -0.407. The van der Waals surface area contributed by atoms with Gasteiger partial charge in [-0.25, -0.2) is 4.79 Å². The van der Waals surface area contributed by atoms with Crippen LogP contribution in [0.15, 0.2) is 39.7 Å². The molecular weight excluding hydrogens is 302 g/mol. The molecule has 0 aromatic heterocycles. The quantitative estimate of drug-likeness (QED) is 0.486. The van der Waals surface area contributed by atoms with Crippen molar-refractivity contribution in [2.45, 2.75) is 6.42 Å². The van der Waals surface area contributed by atoms with Crippen LogP contribution in [-0.4, -0.2) is 13.1 Å². The molecule has 0 N–H and O–H groups in total. The van der Waals surface area contributed by atoms with Crippen LogP contribution in [0.25, 0.3) is 0 Å². The summed E-state index contributed by atoms with van der Waals surface area (Å²) in [7, 11) is 1.33. The van der Waals surface area contributed by atoms with Crippen molar-refractivity contribution in [3.8, 4) is 5.40 Å². The highest BCUT2D eigenvalue weighted by atomic mass is 79.9. The van der Waals surface area contributed by atoms with Gasteiger partial charge in [-0.05, 0) is 34.9 Å². The maximum Gasteiger partial charge on any atom is 0.334 e. The highest BCUT2D eigenvalue weighted by Crippen LogP contribution is 2.16. The van der Waals surface area contributed by atoms with Crippen LogP contribution in [0.2, 0.25) is 0 Å². The van der Waals surface area contributed by atoms with Crippen LogP contribution in [-0.2, 0) is 16.0 Å². The molecule has 17 heavy (non-hydrogen) atoms. The largest absolute Gasteiger partial charge is 0.466 e. The molecule has 88 valence electrons. The standard InChI is InChI=1S/C12H10BrNO2S/c1-16-12(15)10(7-17-8-14)6-9-2-4-11(13)5-3-9/h2-5,7H,6H2,1H3/b10-7+. The molecular formula is C12H10BrNO2S. The van der Waals surface area contributed by atoms with Gasteiger partial charge in [-0.2, -0.15) is 5.26 Å². The Morgan fingerprint density at radius 3 is 2.71 bits per heavy atom. The number of nitriles is 1. The molecule has 0 saturated carbocycles. The van der Waals surface area contributed by atoms with E-state index in [2.05, 4.69) is 20.7 Å². The van der Waals surface area contributed by atoms with Gasteiger partial charge in [-0.15, -0.1) is 0 Å². The number of esters is 1. The van der Waals surface area contributed by atoms with Crippen molar-refractivity contribution in [3.05, 3.63) is 45.3 Å². The van der Waals surface area contributed by atoms with Crippen molar-refractivity contribution in [1.29, 1.82) is 5.26 Å². The Balaban J connectivity index is 2.83. The fourth-order valence-electron chi connectivity index (χ4n) is 1.21. The van der Waals surface area contributed by atoms with E-state index in [0.717, 1.165) is 21.8 Å². The zero-order valence-electron chi connectivity index (χ0n) is 9.14. The summed E-state index contributed by atoms with van der Waals surface area (Å²) in [6, 6.07) is 7.64. The number of thiocyanates is 1. The van der Waals surface area contributed by atoms with Crippen molar-refractivity contribution < 1.29 is 9.53 Å². The van der Waals surface area contributed by atoms with Gasteiger partial charge in [0.05, 0.1) is 7.11 Å². The van der Waals surface area contributed by atoms with Crippen LogP contribution >= 0.6 is 27.7 Å². The van der Waals surface area contributed by atoms with E-state index in [-0.39, 0.29) is 0 Å². The van der Waals surface area contributed by atoms with Gasteiger partial charge >= 0.3 is 5.97 Å². The number of carbonyl (C=O) groups excluding carboxylic acids is 1. The topological polar surface area (TPSA) is 50.1 Å². The number of benzene rings is 1. The van der Waals surface area contributed by atoms with Gasteiger partial charge in [0.1, 0.15) is 5.40 Å². The van der Waals surface area contributed by atoms with Crippen LogP contribution in [0.4, 0.5) is 0 Å². The molecule has 5 heteroatoms. The lowest BCUT2D eigenvalue weighted by atomic mass is 10.1. The molecule has 3 nitrogen and oxygen atoms in total. The van der Waals surface area contributed by atoms with Gasteiger partial charge in [0.25, 0.3) is 0 Å². The second-order valence-corrected chi connectivity index (χ2v) is 4.72. The summed E-state index contributed by atoms with van der Waals surface area (Å²) in [4.78, 5) is 11.5. The fraction of sp³-hybridized carbons (Fsp3) is 0.167. The number of methoxy groups -OCH3 is 1. The van der Waals surface area contributed by atoms with Crippen LogP contribution < -0.4 is 0 Å². The molecule has 1 aromatic carbocycles. The average molecular weight is 312 g/mol. The third-order valence-corrected chi connectivity index (χ3v) is 3.05. The third-order valence-electron chi connectivity index (χ3n) is 2.01. The third kappa shape index (κ3) is 4.63.